The van der Waals surface area contributed by atoms with Gasteiger partial charge in [0.2, 0.25) is 0 Å². The third-order valence-electron chi connectivity index (χ3n) is 2.42. The number of rotatable bonds is 4. The van der Waals surface area contributed by atoms with E-state index in [1.807, 2.05) is 38.1 Å². The number of nitrogens with one attached hydrogen (secondary N) is 2. The van der Waals surface area contributed by atoms with Crippen LogP contribution in [0.3, 0.4) is 0 Å². The van der Waals surface area contributed by atoms with Crippen molar-refractivity contribution >= 4 is 34.0 Å². The Hall–Kier alpha value is -1.69. The summed E-state index contributed by atoms with van der Waals surface area (Å²) in [5.74, 6) is -1.45. The Bertz CT molecular complexity index is 489. The highest BCUT2D eigenvalue weighted by Crippen LogP contribution is 2.09. The normalized spacial score (nSPS) is 12.2. The van der Waals surface area contributed by atoms with Gasteiger partial charge in [0.15, 0.2) is 0 Å². The van der Waals surface area contributed by atoms with Crippen LogP contribution in [-0.4, -0.2) is 24.1 Å². The van der Waals surface area contributed by atoms with Crippen LogP contribution in [0.15, 0.2) is 33.8 Å². The van der Waals surface area contributed by atoms with Crippen molar-refractivity contribution in [3.8, 4) is 0 Å². The molecule has 0 bridgehead atoms. The molecule has 2 amide bonds. The first-order valence-corrected chi connectivity index (χ1v) is 6.71. The fourth-order valence-corrected chi connectivity index (χ4v) is 1.61. The van der Waals surface area contributed by atoms with E-state index in [1.54, 1.807) is 0 Å². The van der Waals surface area contributed by atoms with E-state index in [1.165, 1.54) is 6.21 Å². The molecule has 0 spiro atoms. The van der Waals surface area contributed by atoms with Gasteiger partial charge in [-0.1, -0.05) is 35.0 Å². The molecule has 6 heteroatoms. The molecular formula is C13H16BrN3O2. The van der Waals surface area contributed by atoms with E-state index in [0.717, 1.165) is 16.5 Å². The zero-order valence-corrected chi connectivity index (χ0v) is 12.4. The van der Waals surface area contributed by atoms with Crippen molar-refractivity contribution in [1.29, 1.82) is 0 Å². The predicted molar refractivity (Wildman–Crippen MR) is 77.8 cm³/mol. The Morgan fingerprint density at radius 1 is 1.42 bits per heavy atom. The molecule has 5 nitrogen and oxygen atoms in total. The van der Waals surface area contributed by atoms with Crippen molar-refractivity contribution in [3.05, 3.63) is 34.3 Å². The molecule has 0 saturated heterocycles. The molecule has 0 aliphatic rings. The maximum Gasteiger partial charge on any atom is 0.329 e. The highest BCUT2D eigenvalue weighted by Gasteiger charge is 2.14. The molecule has 0 radical (unpaired) electrons. The van der Waals surface area contributed by atoms with Gasteiger partial charge in [-0.3, -0.25) is 9.59 Å². The zero-order chi connectivity index (χ0) is 14.3. The van der Waals surface area contributed by atoms with E-state index in [2.05, 4.69) is 31.8 Å². The minimum Gasteiger partial charge on any atom is -0.345 e. The molecule has 0 aliphatic heterocycles. The summed E-state index contributed by atoms with van der Waals surface area (Å²) >= 11 is 3.33. The summed E-state index contributed by atoms with van der Waals surface area (Å²) in [5.41, 5.74) is 3.00. The predicted octanol–water partition coefficient (Wildman–Crippen LogP) is 1.81. The molecule has 0 aliphatic carbocycles. The number of carbonyl (C=O) groups is 2. The maximum atomic E-state index is 11.4. The fourth-order valence-electron chi connectivity index (χ4n) is 1.19. The summed E-state index contributed by atoms with van der Waals surface area (Å²) in [7, 11) is 0. The molecule has 1 rings (SSSR count). The minimum absolute atomic E-state index is 0.0349. The van der Waals surface area contributed by atoms with Crippen molar-refractivity contribution < 1.29 is 9.59 Å². The first-order chi connectivity index (χ1) is 9.02. The van der Waals surface area contributed by atoms with Crippen molar-refractivity contribution in [1.82, 2.24) is 10.7 Å². The number of carbonyl (C=O) groups excluding carboxylic acids is 2. The van der Waals surface area contributed by atoms with Crippen LogP contribution in [0.2, 0.25) is 0 Å². The molecule has 0 saturated carbocycles. The van der Waals surface area contributed by atoms with E-state index in [0.29, 0.717) is 0 Å². The van der Waals surface area contributed by atoms with Crippen molar-refractivity contribution in [2.75, 3.05) is 0 Å². The largest absolute Gasteiger partial charge is 0.345 e. The van der Waals surface area contributed by atoms with Crippen LogP contribution in [-0.2, 0) is 9.59 Å². The lowest BCUT2D eigenvalue weighted by molar-refractivity contribution is -0.139. The van der Waals surface area contributed by atoms with Crippen LogP contribution in [0.4, 0.5) is 0 Å². The van der Waals surface area contributed by atoms with Crippen molar-refractivity contribution in [3.63, 3.8) is 0 Å². The molecule has 102 valence electrons. The van der Waals surface area contributed by atoms with Gasteiger partial charge in [0.25, 0.3) is 0 Å². The SMILES string of the molecule is CC[C@H](C)NC(=O)C(=O)N/N=C\c1cccc(Br)c1. The number of hydrazone groups is 1. The van der Waals surface area contributed by atoms with Crippen LogP contribution in [0.25, 0.3) is 0 Å². The third-order valence-corrected chi connectivity index (χ3v) is 2.92. The number of hydrogen-bond donors (Lipinski definition) is 2. The number of amides is 2. The van der Waals surface area contributed by atoms with Crippen LogP contribution in [0.1, 0.15) is 25.8 Å². The standard InChI is InChI=1S/C13H16BrN3O2/c1-3-9(2)16-12(18)13(19)17-15-8-10-5-4-6-11(14)7-10/h4-9H,3H2,1-2H3,(H,16,18)(H,17,19)/b15-8-/t9-/m0/s1. The van der Waals surface area contributed by atoms with Gasteiger partial charge in [0.05, 0.1) is 6.21 Å². The van der Waals surface area contributed by atoms with Gasteiger partial charge in [-0.2, -0.15) is 5.10 Å². The lowest BCUT2D eigenvalue weighted by Crippen LogP contribution is -2.41. The Balaban J connectivity index is 2.48. The second-order valence-corrected chi connectivity index (χ2v) is 4.95. The van der Waals surface area contributed by atoms with Gasteiger partial charge in [-0.05, 0) is 31.0 Å². The lowest BCUT2D eigenvalue weighted by atomic mass is 10.2. The number of nitrogens with zero attached hydrogens (tertiary/aromatic N) is 1. The summed E-state index contributed by atoms with van der Waals surface area (Å²) < 4.78 is 0.914. The van der Waals surface area contributed by atoms with E-state index < -0.39 is 11.8 Å². The highest BCUT2D eigenvalue weighted by molar-refractivity contribution is 9.10. The first-order valence-electron chi connectivity index (χ1n) is 5.92. The summed E-state index contributed by atoms with van der Waals surface area (Å²) in [4.78, 5) is 22.8. The molecule has 1 atom stereocenters. The number of benzene rings is 1. The van der Waals surface area contributed by atoms with E-state index in [4.69, 9.17) is 0 Å². The highest BCUT2D eigenvalue weighted by atomic mass is 79.9. The zero-order valence-electron chi connectivity index (χ0n) is 10.8. The summed E-state index contributed by atoms with van der Waals surface area (Å²) in [6.45, 7) is 3.75. The molecule has 0 aromatic heterocycles. The molecule has 2 N–H and O–H groups in total. The van der Waals surface area contributed by atoms with E-state index >= 15 is 0 Å². The quantitative estimate of drug-likeness (QED) is 0.503. The topological polar surface area (TPSA) is 70.6 Å². The van der Waals surface area contributed by atoms with Crippen molar-refractivity contribution in [2.24, 2.45) is 5.10 Å². The number of hydrogen-bond acceptors (Lipinski definition) is 3. The molecule has 0 unspecified atom stereocenters. The average Bonchev–Trinajstić information content (AvgIpc) is 2.38. The summed E-state index contributed by atoms with van der Waals surface area (Å²) in [6.07, 6.45) is 2.24. The molecule has 19 heavy (non-hydrogen) atoms. The monoisotopic (exact) mass is 325 g/mol. The molecule has 0 fully saturated rings. The molecule has 1 aromatic carbocycles. The van der Waals surface area contributed by atoms with Gasteiger partial charge in [-0.25, -0.2) is 5.43 Å². The van der Waals surface area contributed by atoms with Crippen molar-refractivity contribution in [2.45, 2.75) is 26.3 Å². The van der Waals surface area contributed by atoms with Crippen LogP contribution >= 0.6 is 15.9 Å². The average molecular weight is 326 g/mol. The van der Waals surface area contributed by atoms with E-state index in [-0.39, 0.29) is 6.04 Å². The Labute approximate surface area is 120 Å². The molecule has 1 aromatic rings. The van der Waals surface area contributed by atoms with Gasteiger partial charge < -0.3 is 5.32 Å². The van der Waals surface area contributed by atoms with E-state index in [9.17, 15) is 9.59 Å². The Morgan fingerprint density at radius 3 is 2.79 bits per heavy atom. The Kier molecular flexibility index (Phi) is 6.21. The van der Waals surface area contributed by atoms with Crippen LogP contribution in [0.5, 0.6) is 0 Å². The van der Waals surface area contributed by atoms with Gasteiger partial charge in [-0.15, -0.1) is 0 Å². The summed E-state index contributed by atoms with van der Waals surface area (Å²) in [6, 6.07) is 7.37. The maximum absolute atomic E-state index is 11.4. The minimum atomic E-state index is -0.772. The van der Waals surface area contributed by atoms with Gasteiger partial charge in [0.1, 0.15) is 0 Å². The second-order valence-electron chi connectivity index (χ2n) is 4.04. The van der Waals surface area contributed by atoms with Gasteiger partial charge >= 0.3 is 11.8 Å². The third kappa shape index (κ3) is 5.65. The lowest BCUT2D eigenvalue weighted by Gasteiger charge is -2.09. The van der Waals surface area contributed by atoms with Gasteiger partial charge in [0, 0.05) is 10.5 Å². The molecular weight excluding hydrogens is 310 g/mol. The van der Waals surface area contributed by atoms with Crippen LogP contribution in [0, 0.1) is 0 Å². The fraction of sp³-hybridized carbons (Fsp3) is 0.308. The number of halogens is 1. The van der Waals surface area contributed by atoms with Crippen LogP contribution < -0.4 is 10.7 Å². The molecule has 0 heterocycles. The second kappa shape index (κ2) is 7.68. The Morgan fingerprint density at radius 2 is 2.16 bits per heavy atom. The summed E-state index contributed by atoms with van der Waals surface area (Å²) in [5, 5.41) is 6.29. The first kappa shape index (κ1) is 15.4. The smallest absolute Gasteiger partial charge is 0.329 e.